The molecule has 2 aromatic rings. The molecule has 1 aromatic heterocycles. The normalized spacial score (nSPS) is 17.1. The number of benzene rings is 1. The lowest BCUT2D eigenvalue weighted by atomic mass is 9.99. The van der Waals surface area contributed by atoms with Crippen LogP contribution in [-0.4, -0.2) is 53.7 Å². The minimum absolute atomic E-state index is 0.0559. The highest BCUT2D eigenvalue weighted by molar-refractivity contribution is 5.73. The number of hydrogen-bond acceptors (Lipinski definition) is 7. The van der Waals surface area contributed by atoms with Gasteiger partial charge in [0.25, 0.3) is 0 Å². The Balaban J connectivity index is 0.000000339. The summed E-state index contributed by atoms with van der Waals surface area (Å²) in [5.74, 6) is -1.42. The topological polar surface area (TPSA) is 97.1 Å². The summed E-state index contributed by atoms with van der Waals surface area (Å²) >= 11 is 0. The molecule has 8 nitrogen and oxygen atoms in total. The van der Waals surface area contributed by atoms with Gasteiger partial charge >= 0.3 is 18.4 Å². The van der Waals surface area contributed by atoms with Gasteiger partial charge in [0.15, 0.2) is 17.3 Å². The molecule has 2 aliphatic rings. The molecule has 1 fully saturated rings. The van der Waals surface area contributed by atoms with Crippen LogP contribution in [0.15, 0.2) is 28.8 Å². The Morgan fingerprint density at radius 3 is 2.45 bits per heavy atom. The highest BCUT2D eigenvalue weighted by atomic mass is 19.4. The van der Waals surface area contributed by atoms with E-state index >= 15 is 0 Å². The summed E-state index contributed by atoms with van der Waals surface area (Å²) in [6, 6.07) is 6.78. The summed E-state index contributed by atoms with van der Waals surface area (Å²) in [5, 5.41) is 14.4. The third kappa shape index (κ3) is 6.04. The third-order valence-corrected chi connectivity index (χ3v) is 4.36. The first-order valence-electron chi connectivity index (χ1n) is 8.96. The molecular formula is C18H18F5N3O5. The smallest absolute Gasteiger partial charge is 0.475 e. The summed E-state index contributed by atoms with van der Waals surface area (Å²) in [5.41, 5.74) is 1.82. The number of aliphatic carboxylic acids is 1. The Bertz CT molecular complexity index is 930. The Kier molecular flexibility index (Phi) is 6.36. The van der Waals surface area contributed by atoms with Crippen molar-refractivity contribution in [2.45, 2.75) is 31.5 Å². The molecule has 0 unspecified atom stereocenters. The zero-order valence-corrected chi connectivity index (χ0v) is 16.1. The van der Waals surface area contributed by atoms with Crippen LogP contribution in [0.2, 0.25) is 0 Å². The van der Waals surface area contributed by atoms with Crippen molar-refractivity contribution in [2.75, 3.05) is 20.1 Å². The van der Waals surface area contributed by atoms with E-state index in [0.29, 0.717) is 19.0 Å². The average Bonchev–Trinajstić information content (AvgIpc) is 3.14. The fraction of sp³-hybridized carbons (Fsp3) is 0.444. The van der Waals surface area contributed by atoms with Crippen molar-refractivity contribution in [3.05, 3.63) is 41.3 Å². The Morgan fingerprint density at radius 2 is 1.87 bits per heavy atom. The summed E-state index contributed by atoms with van der Waals surface area (Å²) in [6.45, 7) is 3.01. The summed E-state index contributed by atoms with van der Waals surface area (Å²) in [4.78, 5) is 10.9. The molecule has 0 atom stereocenters. The van der Waals surface area contributed by atoms with Gasteiger partial charge in [-0.05, 0) is 24.7 Å². The molecule has 3 heterocycles. The average molecular weight is 451 g/mol. The maximum Gasteiger partial charge on any atom is 0.586 e. The number of halogens is 5. The lowest BCUT2D eigenvalue weighted by Crippen LogP contribution is -2.40. The second kappa shape index (κ2) is 8.67. The monoisotopic (exact) mass is 451 g/mol. The van der Waals surface area contributed by atoms with E-state index in [9.17, 15) is 22.0 Å². The van der Waals surface area contributed by atoms with E-state index in [-0.39, 0.29) is 11.5 Å². The second-order valence-corrected chi connectivity index (χ2v) is 7.00. The van der Waals surface area contributed by atoms with Gasteiger partial charge in [0.2, 0.25) is 0 Å². The van der Waals surface area contributed by atoms with Crippen LogP contribution in [0.1, 0.15) is 22.9 Å². The summed E-state index contributed by atoms with van der Waals surface area (Å²) in [7, 11) is 1.92. The number of rotatable bonds is 5. The SMILES string of the molecule is CN(Cc1ccc2c(c1)OC(F)(F)O2)Cc1cc(C2CNC2)no1.O=C(O)C(F)(F)F. The van der Waals surface area contributed by atoms with Crippen molar-refractivity contribution in [1.82, 2.24) is 15.4 Å². The largest absolute Gasteiger partial charge is 0.586 e. The third-order valence-electron chi connectivity index (χ3n) is 4.36. The van der Waals surface area contributed by atoms with E-state index in [2.05, 4.69) is 19.9 Å². The number of aromatic nitrogens is 1. The molecule has 2 aliphatic heterocycles. The number of fused-ring (bicyclic) bond motifs is 1. The molecule has 170 valence electrons. The summed E-state index contributed by atoms with van der Waals surface area (Å²) in [6.07, 6.45) is -8.67. The van der Waals surface area contributed by atoms with Gasteiger partial charge in [-0.15, -0.1) is 8.78 Å². The molecule has 1 saturated heterocycles. The van der Waals surface area contributed by atoms with Crippen LogP contribution in [0.4, 0.5) is 22.0 Å². The molecule has 4 rings (SSSR count). The van der Waals surface area contributed by atoms with Crippen molar-refractivity contribution in [3.8, 4) is 11.5 Å². The molecule has 0 amide bonds. The molecule has 0 bridgehead atoms. The summed E-state index contributed by atoms with van der Waals surface area (Å²) < 4.78 is 72.1. The first-order chi connectivity index (χ1) is 14.4. The van der Waals surface area contributed by atoms with Crippen LogP contribution in [0, 0.1) is 0 Å². The van der Waals surface area contributed by atoms with Gasteiger partial charge in [-0.3, -0.25) is 4.90 Å². The van der Waals surface area contributed by atoms with Crippen molar-refractivity contribution >= 4 is 5.97 Å². The lowest BCUT2D eigenvalue weighted by molar-refractivity contribution is -0.286. The van der Waals surface area contributed by atoms with Crippen LogP contribution >= 0.6 is 0 Å². The molecule has 0 saturated carbocycles. The minimum atomic E-state index is -5.08. The number of carboxylic acids is 1. The number of ether oxygens (including phenoxy) is 2. The number of nitrogens with one attached hydrogen (secondary N) is 1. The van der Waals surface area contributed by atoms with Gasteiger partial charge in [0, 0.05) is 31.6 Å². The van der Waals surface area contributed by atoms with Crippen LogP contribution < -0.4 is 14.8 Å². The van der Waals surface area contributed by atoms with Crippen molar-refractivity contribution in [2.24, 2.45) is 0 Å². The molecule has 0 spiro atoms. The maximum atomic E-state index is 13.0. The first-order valence-corrected chi connectivity index (χ1v) is 8.96. The van der Waals surface area contributed by atoms with Crippen molar-refractivity contribution < 1.29 is 45.8 Å². The van der Waals surface area contributed by atoms with Gasteiger partial charge in [0.1, 0.15) is 0 Å². The molecule has 31 heavy (non-hydrogen) atoms. The quantitative estimate of drug-likeness (QED) is 0.670. The van der Waals surface area contributed by atoms with Crippen LogP contribution in [0.5, 0.6) is 11.5 Å². The molecule has 0 aliphatic carbocycles. The fourth-order valence-electron chi connectivity index (χ4n) is 2.82. The van der Waals surface area contributed by atoms with Crippen LogP contribution in [-0.2, 0) is 17.9 Å². The van der Waals surface area contributed by atoms with E-state index in [4.69, 9.17) is 14.4 Å². The van der Waals surface area contributed by atoms with Gasteiger partial charge in [0.05, 0.1) is 12.2 Å². The predicted molar refractivity (Wildman–Crippen MR) is 93.6 cm³/mol. The number of hydrogen-bond donors (Lipinski definition) is 2. The molecule has 0 radical (unpaired) electrons. The Morgan fingerprint density at radius 1 is 1.23 bits per heavy atom. The molecular weight excluding hydrogens is 433 g/mol. The Labute approximate surface area is 172 Å². The number of carbonyl (C=O) groups is 1. The van der Waals surface area contributed by atoms with Crippen molar-refractivity contribution in [3.63, 3.8) is 0 Å². The highest BCUT2D eigenvalue weighted by Gasteiger charge is 2.43. The molecule has 1 aromatic carbocycles. The highest BCUT2D eigenvalue weighted by Crippen LogP contribution is 2.41. The van der Waals surface area contributed by atoms with Crippen molar-refractivity contribution in [1.29, 1.82) is 0 Å². The van der Waals surface area contributed by atoms with Gasteiger partial charge in [-0.1, -0.05) is 11.2 Å². The van der Waals surface area contributed by atoms with Gasteiger partial charge in [-0.25, -0.2) is 4.79 Å². The minimum Gasteiger partial charge on any atom is -0.475 e. The number of carboxylic acid groups (broad SMARTS) is 1. The van der Waals surface area contributed by atoms with E-state index in [0.717, 1.165) is 30.1 Å². The maximum absolute atomic E-state index is 13.0. The van der Waals surface area contributed by atoms with Gasteiger partial charge < -0.3 is 24.4 Å². The first kappa shape index (κ1) is 22.7. The predicted octanol–water partition coefficient (Wildman–Crippen LogP) is 2.95. The zero-order valence-electron chi connectivity index (χ0n) is 16.1. The standard InChI is InChI=1S/C16H17F2N3O3.C2HF3O2/c1-21(9-12-5-13(20-24-12)11-6-19-7-11)8-10-2-3-14-15(4-10)23-16(17,18)22-14;3-2(4,5)1(6)7/h2-5,11,19H,6-9H2,1H3;(H,6,7). The number of nitrogens with zero attached hydrogens (tertiary/aromatic N) is 2. The second-order valence-electron chi connectivity index (χ2n) is 7.00. The van der Waals surface area contributed by atoms with E-state index < -0.39 is 18.4 Å². The van der Waals surface area contributed by atoms with Gasteiger partial charge in [-0.2, -0.15) is 13.2 Å². The van der Waals surface area contributed by atoms with Crippen LogP contribution in [0.25, 0.3) is 0 Å². The van der Waals surface area contributed by atoms with E-state index in [1.165, 1.54) is 6.07 Å². The molecule has 13 heteroatoms. The van der Waals surface area contributed by atoms with E-state index in [1.54, 1.807) is 12.1 Å². The fourth-order valence-corrected chi connectivity index (χ4v) is 2.82. The van der Waals surface area contributed by atoms with E-state index in [1.807, 2.05) is 18.0 Å². The Hall–Kier alpha value is -2.93. The number of alkyl halides is 5. The van der Waals surface area contributed by atoms with Crippen LogP contribution in [0.3, 0.4) is 0 Å². The zero-order chi connectivity index (χ0) is 22.8. The lowest BCUT2D eigenvalue weighted by Gasteiger charge is -2.24. The molecule has 2 N–H and O–H groups in total.